The third kappa shape index (κ3) is 3.78. The summed E-state index contributed by atoms with van der Waals surface area (Å²) in [6.45, 7) is 12.0. The monoisotopic (exact) mass is 451 g/mol. The van der Waals surface area contributed by atoms with Crippen molar-refractivity contribution < 1.29 is 9.59 Å². The quantitative estimate of drug-likeness (QED) is 0.361. The molecule has 6 rings (SSSR count). The lowest BCUT2D eigenvalue weighted by Gasteiger charge is -2.52. The highest BCUT2D eigenvalue weighted by molar-refractivity contribution is 6.06. The van der Waals surface area contributed by atoms with Crippen LogP contribution in [-0.4, -0.2) is 70.9 Å². The number of likely N-dealkylation sites (tertiary alicyclic amines) is 1. The van der Waals surface area contributed by atoms with Gasteiger partial charge in [0.25, 0.3) is 0 Å². The molecule has 2 amide bonds. The number of rotatable bonds is 7. The Morgan fingerprint density at radius 3 is 2.39 bits per heavy atom. The minimum absolute atomic E-state index is 0.101. The number of carbonyl (C=O) groups excluding carboxylic acids is 2. The summed E-state index contributed by atoms with van der Waals surface area (Å²) in [4.78, 5) is 41.9. The van der Waals surface area contributed by atoms with Crippen molar-refractivity contribution in [2.75, 3.05) is 44.2 Å². The van der Waals surface area contributed by atoms with Crippen molar-refractivity contribution in [2.24, 2.45) is 29.1 Å². The third-order valence-electron chi connectivity index (χ3n) is 8.81. The zero-order chi connectivity index (χ0) is 23.2. The van der Waals surface area contributed by atoms with Crippen LogP contribution < -0.4 is 4.90 Å². The van der Waals surface area contributed by atoms with Crippen molar-refractivity contribution in [2.45, 2.75) is 46.5 Å². The van der Waals surface area contributed by atoms with E-state index in [1.807, 2.05) is 6.07 Å². The molecule has 1 aromatic heterocycles. The first-order valence-corrected chi connectivity index (χ1v) is 12.7. The van der Waals surface area contributed by atoms with Crippen LogP contribution in [0.25, 0.3) is 0 Å². The zero-order valence-corrected chi connectivity index (χ0v) is 20.2. The van der Waals surface area contributed by atoms with Crippen molar-refractivity contribution in [3.8, 4) is 0 Å². The Morgan fingerprint density at radius 2 is 1.73 bits per heavy atom. The van der Waals surface area contributed by atoms with E-state index in [1.54, 1.807) is 17.3 Å². The molecule has 1 saturated carbocycles. The van der Waals surface area contributed by atoms with E-state index in [0.29, 0.717) is 12.5 Å². The lowest BCUT2D eigenvalue weighted by molar-refractivity contribution is -0.140. The second-order valence-electron chi connectivity index (χ2n) is 10.7. The molecule has 33 heavy (non-hydrogen) atoms. The number of aromatic nitrogens is 2. The molecular weight excluding hydrogens is 414 g/mol. The number of allylic oxidation sites excluding steroid dienone is 2. The van der Waals surface area contributed by atoms with Crippen molar-refractivity contribution in [3.63, 3.8) is 0 Å². The summed E-state index contributed by atoms with van der Waals surface area (Å²) < 4.78 is 0. The van der Waals surface area contributed by atoms with Crippen molar-refractivity contribution in [1.29, 1.82) is 0 Å². The topological polar surface area (TPSA) is 69.6 Å². The Labute approximate surface area is 197 Å². The molecule has 178 valence electrons. The number of anilines is 1. The first kappa shape index (κ1) is 22.5. The molecule has 2 aliphatic heterocycles. The Kier molecular flexibility index (Phi) is 6.02. The number of imide groups is 1. The molecule has 7 nitrogen and oxygen atoms in total. The van der Waals surface area contributed by atoms with Gasteiger partial charge in [-0.3, -0.25) is 19.4 Å². The van der Waals surface area contributed by atoms with E-state index in [0.717, 1.165) is 64.4 Å². The molecule has 0 radical (unpaired) electrons. The minimum Gasteiger partial charge on any atom is -0.338 e. The Hall–Kier alpha value is -2.28. The fraction of sp³-hybridized carbons (Fsp3) is 0.692. The number of amides is 2. The lowest BCUT2D eigenvalue weighted by atomic mass is 9.49. The van der Waals surface area contributed by atoms with Crippen LogP contribution in [0.15, 0.2) is 30.1 Å². The largest absolute Gasteiger partial charge is 0.338 e. The van der Waals surface area contributed by atoms with Gasteiger partial charge in [0.1, 0.15) is 0 Å². The van der Waals surface area contributed by atoms with Crippen molar-refractivity contribution in [3.05, 3.63) is 30.1 Å². The van der Waals surface area contributed by atoms with Gasteiger partial charge in [-0.15, -0.1) is 0 Å². The van der Waals surface area contributed by atoms with E-state index >= 15 is 0 Å². The maximum atomic E-state index is 13.5. The normalized spacial score (nSPS) is 32.0. The van der Waals surface area contributed by atoms with Crippen LogP contribution in [0.2, 0.25) is 0 Å². The molecule has 0 N–H and O–H groups in total. The van der Waals surface area contributed by atoms with E-state index < -0.39 is 0 Å². The summed E-state index contributed by atoms with van der Waals surface area (Å²) in [5.41, 5.74) is 1.20. The van der Waals surface area contributed by atoms with E-state index in [4.69, 9.17) is 0 Å². The fourth-order valence-electron chi connectivity index (χ4n) is 6.93. The van der Waals surface area contributed by atoms with Crippen molar-refractivity contribution >= 4 is 17.8 Å². The molecule has 4 unspecified atom stereocenters. The first-order valence-electron chi connectivity index (χ1n) is 12.7. The first-order chi connectivity index (χ1) is 15.9. The Bertz CT molecular complexity index is 924. The number of hydrogen-bond donors (Lipinski definition) is 0. The summed E-state index contributed by atoms with van der Waals surface area (Å²) in [6, 6.07) is 1.84. The van der Waals surface area contributed by atoms with Crippen LogP contribution >= 0.6 is 0 Å². The van der Waals surface area contributed by atoms with Gasteiger partial charge in [-0.2, -0.15) is 0 Å². The van der Waals surface area contributed by atoms with Gasteiger partial charge in [0.15, 0.2) is 0 Å². The molecular formula is C26H37N5O2. The third-order valence-corrected chi connectivity index (χ3v) is 8.81. The molecule has 5 aliphatic rings. The van der Waals surface area contributed by atoms with Gasteiger partial charge in [-0.25, -0.2) is 9.97 Å². The second-order valence-corrected chi connectivity index (χ2v) is 10.7. The zero-order valence-electron chi connectivity index (χ0n) is 20.2. The average molecular weight is 452 g/mol. The van der Waals surface area contributed by atoms with Gasteiger partial charge in [0.2, 0.25) is 17.8 Å². The summed E-state index contributed by atoms with van der Waals surface area (Å²) in [7, 11) is 0. The molecule has 3 heterocycles. The number of fused-ring (bicyclic) bond motifs is 1. The highest BCUT2D eigenvalue weighted by Crippen LogP contribution is 2.61. The van der Waals surface area contributed by atoms with Crippen LogP contribution in [0.4, 0.5) is 5.95 Å². The number of nitrogens with zero attached hydrogens (tertiary/aromatic N) is 5. The molecule has 3 aliphatic carbocycles. The van der Waals surface area contributed by atoms with Crippen LogP contribution in [0, 0.1) is 29.1 Å². The van der Waals surface area contributed by atoms with Gasteiger partial charge >= 0.3 is 0 Å². The number of piperazine rings is 1. The predicted molar refractivity (Wildman–Crippen MR) is 127 cm³/mol. The molecule has 2 saturated heterocycles. The Balaban J connectivity index is 1.13. The lowest BCUT2D eigenvalue weighted by Crippen LogP contribution is -2.50. The van der Waals surface area contributed by atoms with Gasteiger partial charge < -0.3 is 4.90 Å². The van der Waals surface area contributed by atoms with E-state index in [1.165, 1.54) is 5.57 Å². The number of hydrogen-bond acceptors (Lipinski definition) is 6. The maximum absolute atomic E-state index is 13.5. The van der Waals surface area contributed by atoms with Crippen LogP contribution in [0.3, 0.4) is 0 Å². The summed E-state index contributed by atoms with van der Waals surface area (Å²) >= 11 is 0. The SMILES string of the molecule is CC1=CC2(C(C)C)CCC1C1C(=O)N(CCCCN3CCN(c4ncccn4)CC3)C(=O)C12. The van der Waals surface area contributed by atoms with Gasteiger partial charge in [0, 0.05) is 50.5 Å². The van der Waals surface area contributed by atoms with Gasteiger partial charge in [0.05, 0.1) is 11.8 Å². The van der Waals surface area contributed by atoms with Crippen LogP contribution in [0.1, 0.15) is 46.5 Å². The number of unbranched alkanes of at least 4 members (excludes halogenated alkanes) is 1. The highest BCUT2D eigenvalue weighted by Gasteiger charge is 2.64. The molecule has 0 aromatic carbocycles. The number of carbonyl (C=O) groups is 2. The van der Waals surface area contributed by atoms with Crippen LogP contribution in [-0.2, 0) is 9.59 Å². The van der Waals surface area contributed by atoms with E-state index in [-0.39, 0.29) is 35.0 Å². The molecule has 1 aromatic rings. The predicted octanol–water partition coefficient (Wildman–Crippen LogP) is 2.99. The van der Waals surface area contributed by atoms with E-state index in [9.17, 15) is 9.59 Å². The summed E-state index contributed by atoms with van der Waals surface area (Å²) in [5, 5.41) is 0. The summed E-state index contributed by atoms with van der Waals surface area (Å²) in [5.74, 6) is 1.39. The van der Waals surface area contributed by atoms with Gasteiger partial charge in [-0.1, -0.05) is 25.5 Å². The Morgan fingerprint density at radius 1 is 1.03 bits per heavy atom. The second kappa shape index (κ2) is 8.82. The smallest absolute Gasteiger partial charge is 0.234 e. The average Bonchev–Trinajstić information content (AvgIpc) is 3.09. The fourth-order valence-corrected chi connectivity index (χ4v) is 6.93. The molecule has 7 heteroatoms. The highest BCUT2D eigenvalue weighted by atomic mass is 16.2. The molecule has 2 bridgehead atoms. The molecule has 3 fully saturated rings. The minimum atomic E-state index is -0.138. The molecule has 4 atom stereocenters. The maximum Gasteiger partial charge on any atom is 0.234 e. The van der Waals surface area contributed by atoms with Crippen molar-refractivity contribution in [1.82, 2.24) is 19.8 Å². The van der Waals surface area contributed by atoms with Gasteiger partial charge in [-0.05, 0) is 57.1 Å². The molecule has 0 spiro atoms. The van der Waals surface area contributed by atoms with Crippen LogP contribution in [0.5, 0.6) is 0 Å². The standard InChI is InChI=1S/C26H37N5O2/c1-18(2)26-8-7-20(19(3)17-26)21-22(26)24(33)31(23(21)32)12-5-4-11-29-13-15-30(16-14-29)25-27-9-6-10-28-25/h6,9-10,17-18,20-22H,4-5,7-8,11-16H2,1-3H3. The summed E-state index contributed by atoms with van der Waals surface area (Å²) in [6.07, 6.45) is 9.92. The van der Waals surface area contributed by atoms with E-state index in [2.05, 4.69) is 46.6 Å².